The Kier molecular flexibility index (Phi) is 5.52. The average Bonchev–Trinajstić information content (AvgIpc) is 3.01. The highest BCUT2D eigenvalue weighted by molar-refractivity contribution is 5.96. The maximum Gasteiger partial charge on any atom is 0.254 e. The zero-order valence-electron chi connectivity index (χ0n) is 17.8. The van der Waals surface area contributed by atoms with Gasteiger partial charge in [0.1, 0.15) is 17.1 Å². The van der Waals surface area contributed by atoms with Crippen molar-refractivity contribution in [1.29, 1.82) is 0 Å². The Hall–Kier alpha value is -2.14. The van der Waals surface area contributed by atoms with Gasteiger partial charge in [-0.3, -0.25) is 4.79 Å². The largest absolute Gasteiger partial charge is 0.446 e. The van der Waals surface area contributed by atoms with Gasteiger partial charge in [0, 0.05) is 24.6 Å². The molecule has 2 aromatic rings. The van der Waals surface area contributed by atoms with Crippen molar-refractivity contribution in [2.45, 2.75) is 83.3 Å². The van der Waals surface area contributed by atoms with E-state index in [1.54, 1.807) is 13.8 Å². The van der Waals surface area contributed by atoms with Crippen LogP contribution in [-0.2, 0) is 12.0 Å². The standard InChI is InChI=1S/C24H32N2O3/c1-16-22(24(2,3)28)25-21(29-16)15-18-11-6-7-14-26(18)23(27)20-13-5-4-12-19(20)17-9-8-10-17/h4-5,12-13,17-18,28H,6-11,14-15H2,1-3H3. The molecule has 2 fully saturated rings. The van der Waals surface area contributed by atoms with Crippen LogP contribution in [0.5, 0.6) is 0 Å². The van der Waals surface area contributed by atoms with Gasteiger partial charge in [0.2, 0.25) is 0 Å². The van der Waals surface area contributed by atoms with Gasteiger partial charge in [-0.1, -0.05) is 24.6 Å². The van der Waals surface area contributed by atoms with Gasteiger partial charge < -0.3 is 14.4 Å². The quantitative estimate of drug-likeness (QED) is 0.794. The first-order valence-corrected chi connectivity index (χ1v) is 10.9. The van der Waals surface area contributed by atoms with Crippen molar-refractivity contribution >= 4 is 5.91 Å². The predicted octanol–water partition coefficient (Wildman–Crippen LogP) is 4.72. The minimum absolute atomic E-state index is 0.0819. The van der Waals surface area contributed by atoms with Gasteiger partial charge in [0.15, 0.2) is 5.89 Å². The summed E-state index contributed by atoms with van der Waals surface area (Å²) in [5, 5.41) is 10.3. The first-order chi connectivity index (χ1) is 13.8. The van der Waals surface area contributed by atoms with E-state index in [-0.39, 0.29) is 11.9 Å². The number of carbonyl (C=O) groups is 1. The predicted molar refractivity (Wildman–Crippen MR) is 112 cm³/mol. The van der Waals surface area contributed by atoms with Gasteiger partial charge in [-0.25, -0.2) is 4.98 Å². The number of amides is 1. The number of hydrogen-bond acceptors (Lipinski definition) is 4. The maximum absolute atomic E-state index is 13.5. The van der Waals surface area contributed by atoms with Crippen LogP contribution in [0.15, 0.2) is 28.7 Å². The minimum atomic E-state index is -1.03. The maximum atomic E-state index is 13.5. The van der Waals surface area contributed by atoms with E-state index in [0.29, 0.717) is 29.7 Å². The Bertz CT molecular complexity index is 876. The van der Waals surface area contributed by atoms with Crippen molar-refractivity contribution in [3.8, 4) is 0 Å². The van der Waals surface area contributed by atoms with E-state index in [9.17, 15) is 9.90 Å². The van der Waals surface area contributed by atoms with Gasteiger partial charge in [-0.2, -0.15) is 0 Å². The van der Waals surface area contributed by atoms with Crippen LogP contribution < -0.4 is 0 Å². The number of carbonyl (C=O) groups excluding carboxylic acids is 1. The highest BCUT2D eigenvalue weighted by Crippen LogP contribution is 2.38. The van der Waals surface area contributed by atoms with Gasteiger partial charge in [-0.15, -0.1) is 0 Å². The molecule has 0 radical (unpaired) electrons. The molecule has 1 aromatic heterocycles. The molecule has 1 aliphatic carbocycles. The number of aryl methyl sites for hydroxylation is 1. The summed E-state index contributed by atoms with van der Waals surface area (Å²) >= 11 is 0. The lowest BCUT2D eigenvalue weighted by atomic mass is 9.78. The number of hydrogen-bond donors (Lipinski definition) is 1. The summed E-state index contributed by atoms with van der Waals surface area (Å²) in [5.41, 5.74) is 1.63. The zero-order valence-corrected chi connectivity index (χ0v) is 17.8. The van der Waals surface area contributed by atoms with Crippen molar-refractivity contribution in [2.24, 2.45) is 0 Å². The van der Waals surface area contributed by atoms with E-state index in [1.807, 2.05) is 30.0 Å². The molecule has 0 spiro atoms. The molecule has 156 valence electrons. The molecule has 1 aromatic carbocycles. The number of nitrogens with zero attached hydrogens (tertiary/aromatic N) is 2. The number of aliphatic hydroxyl groups is 1. The zero-order chi connectivity index (χ0) is 20.6. The van der Waals surface area contributed by atoms with Crippen LogP contribution in [0.1, 0.15) is 91.6 Å². The van der Waals surface area contributed by atoms with Gasteiger partial charge in [0.25, 0.3) is 5.91 Å². The smallest absolute Gasteiger partial charge is 0.254 e. The molecule has 1 atom stereocenters. The Morgan fingerprint density at radius 1 is 1.21 bits per heavy atom. The van der Waals surface area contributed by atoms with E-state index in [0.717, 1.165) is 31.4 Å². The van der Waals surface area contributed by atoms with Gasteiger partial charge in [0.05, 0.1) is 0 Å². The highest BCUT2D eigenvalue weighted by atomic mass is 16.4. The molecule has 5 heteroatoms. The van der Waals surface area contributed by atoms with E-state index < -0.39 is 5.60 Å². The topological polar surface area (TPSA) is 66.6 Å². The molecule has 0 bridgehead atoms. The van der Waals surface area contributed by atoms with E-state index in [1.165, 1.54) is 24.8 Å². The van der Waals surface area contributed by atoms with Crippen LogP contribution in [0.25, 0.3) is 0 Å². The highest BCUT2D eigenvalue weighted by Gasteiger charge is 2.33. The lowest BCUT2D eigenvalue weighted by Gasteiger charge is -2.36. The van der Waals surface area contributed by atoms with Gasteiger partial charge >= 0.3 is 0 Å². The molecule has 1 N–H and O–H groups in total. The van der Waals surface area contributed by atoms with Crippen LogP contribution in [0.2, 0.25) is 0 Å². The summed E-state index contributed by atoms with van der Waals surface area (Å²) in [6, 6.07) is 8.22. The number of oxazole rings is 1. The molecule has 4 rings (SSSR count). The van der Waals surface area contributed by atoms with E-state index in [2.05, 4.69) is 11.1 Å². The SMILES string of the molecule is Cc1oc(CC2CCCCN2C(=O)c2ccccc2C2CCC2)nc1C(C)(C)O. The third kappa shape index (κ3) is 4.11. The van der Waals surface area contributed by atoms with E-state index >= 15 is 0 Å². The van der Waals surface area contributed by atoms with Crippen LogP contribution >= 0.6 is 0 Å². The molecule has 1 amide bonds. The summed E-state index contributed by atoms with van der Waals surface area (Å²) < 4.78 is 5.86. The summed E-state index contributed by atoms with van der Waals surface area (Å²) in [6.45, 7) is 6.05. The number of likely N-dealkylation sites (tertiary alicyclic amines) is 1. The number of piperidine rings is 1. The third-order valence-electron chi connectivity index (χ3n) is 6.45. The summed E-state index contributed by atoms with van der Waals surface area (Å²) in [6.07, 6.45) is 7.31. The fourth-order valence-corrected chi connectivity index (χ4v) is 4.71. The minimum Gasteiger partial charge on any atom is -0.446 e. The fourth-order valence-electron chi connectivity index (χ4n) is 4.71. The second kappa shape index (κ2) is 7.94. The number of rotatable bonds is 5. The van der Waals surface area contributed by atoms with Crippen molar-refractivity contribution in [3.05, 3.63) is 52.7 Å². The second-order valence-electron chi connectivity index (χ2n) is 9.14. The Morgan fingerprint density at radius 2 is 1.97 bits per heavy atom. The summed E-state index contributed by atoms with van der Waals surface area (Å²) in [4.78, 5) is 20.1. The molecular weight excluding hydrogens is 364 g/mol. The van der Waals surface area contributed by atoms with Crippen molar-refractivity contribution < 1.29 is 14.3 Å². The van der Waals surface area contributed by atoms with Gasteiger partial charge in [-0.05, 0) is 70.4 Å². The normalized spacial score (nSPS) is 20.6. The number of benzene rings is 1. The molecule has 2 heterocycles. The van der Waals surface area contributed by atoms with Crippen molar-refractivity contribution in [2.75, 3.05) is 6.54 Å². The Morgan fingerprint density at radius 3 is 2.62 bits per heavy atom. The van der Waals surface area contributed by atoms with Crippen LogP contribution in [-0.4, -0.2) is 33.5 Å². The third-order valence-corrected chi connectivity index (χ3v) is 6.45. The monoisotopic (exact) mass is 396 g/mol. The molecule has 29 heavy (non-hydrogen) atoms. The van der Waals surface area contributed by atoms with E-state index in [4.69, 9.17) is 4.42 Å². The van der Waals surface area contributed by atoms with Crippen molar-refractivity contribution in [1.82, 2.24) is 9.88 Å². The molecule has 2 aliphatic rings. The summed E-state index contributed by atoms with van der Waals surface area (Å²) in [5.74, 6) is 1.93. The van der Waals surface area contributed by atoms with Crippen molar-refractivity contribution in [3.63, 3.8) is 0 Å². The Balaban J connectivity index is 1.56. The molecule has 5 nitrogen and oxygen atoms in total. The van der Waals surface area contributed by atoms with Crippen LogP contribution in [0.3, 0.4) is 0 Å². The average molecular weight is 397 g/mol. The summed E-state index contributed by atoms with van der Waals surface area (Å²) in [7, 11) is 0. The van der Waals surface area contributed by atoms with Crippen LogP contribution in [0.4, 0.5) is 0 Å². The molecule has 1 unspecified atom stereocenters. The number of aromatic nitrogens is 1. The molecule has 1 saturated carbocycles. The first kappa shape index (κ1) is 20.1. The second-order valence-corrected chi connectivity index (χ2v) is 9.14. The molecule has 1 aliphatic heterocycles. The Labute approximate surface area is 173 Å². The molecular formula is C24H32N2O3. The molecule has 1 saturated heterocycles. The fraction of sp³-hybridized carbons (Fsp3) is 0.583. The lowest BCUT2D eigenvalue weighted by molar-refractivity contribution is 0.0601. The first-order valence-electron chi connectivity index (χ1n) is 10.9. The lowest BCUT2D eigenvalue weighted by Crippen LogP contribution is -2.45. The van der Waals surface area contributed by atoms with Crippen LogP contribution in [0, 0.1) is 6.92 Å².